The molecule has 5 nitrogen and oxygen atoms in total. The zero-order valence-electron chi connectivity index (χ0n) is 8.34. The Morgan fingerprint density at radius 1 is 1.56 bits per heavy atom. The van der Waals surface area contributed by atoms with Gasteiger partial charge < -0.3 is 9.84 Å². The molecule has 1 aliphatic rings. The Hall–Kier alpha value is -1.69. The molecule has 3 rings (SSSR count). The van der Waals surface area contributed by atoms with Crippen molar-refractivity contribution in [2.75, 3.05) is 0 Å². The summed E-state index contributed by atoms with van der Waals surface area (Å²) in [5.74, 6) is 1.13. The predicted octanol–water partition coefficient (Wildman–Crippen LogP) is 1.75. The summed E-state index contributed by atoms with van der Waals surface area (Å²) in [6.07, 6.45) is 1.26. The number of aromatic nitrogens is 2. The van der Waals surface area contributed by atoms with E-state index >= 15 is 0 Å². The third-order valence-electron chi connectivity index (χ3n) is 2.48. The number of rotatable bonds is 2. The lowest BCUT2D eigenvalue weighted by Crippen LogP contribution is -2.18. The van der Waals surface area contributed by atoms with Crippen molar-refractivity contribution in [2.45, 2.75) is 18.9 Å². The van der Waals surface area contributed by atoms with Crippen molar-refractivity contribution in [3.63, 3.8) is 0 Å². The van der Waals surface area contributed by atoms with E-state index in [0.29, 0.717) is 18.1 Å². The van der Waals surface area contributed by atoms with Gasteiger partial charge in [-0.2, -0.15) is 4.98 Å². The lowest BCUT2D eigenvalue weighted by Gasteiger charge is -2.01. The summed E-state index contributed by atoms with van der Waals surface area (Å²) in [5, 5.41) is 8.66. The number of thiophene rings is 1. The normalized spacial score (nSPS) is 20.0. The first kappa shape index (κ1) is 9.53. The van der Waals surface area contributed by atoms with Gasteiger partial charge in [-0.1, -0.05) is 11.2 Å². The van der Waals surface area contributed by atoms with Gasteiger partial charge in [-0.25, -0.2) is 0 Å². The molecule has 2 aromatic rings. The van der Waals surface area contributed by atoms with Gasteiger partial charge in [0.25, 0.3) is 0 Å². The van der Waals surface area contributed by atoms with E-state index in [1.54, 1.807) is 11.3 Å². The first-order chi connectivity index (χ1) is 7.83. The van der Waals surface area contributed by atoms with Crippen LogP contribution in [0.2, 0.25) is 0 Å². The van der Waals surface area contributed by atoms with Crippen molar-refractivity contribution in [2.24, 2.45) is 0 Å². The molecular formula is C10H9N3O2S. The lowest BCUT2D eigenvalue weighted by molar-refractivity contribution is -0.119. The lowest BCUT2D eigenvalue weighted by atomic mass is 10.2. The third-order valence-corrected chi connectivity index (χ3v) is 3.34. The zero-order valence-corrected chi connectivity index (χ0v) is 9.16. The minimum atomic E-state index is -0.117. The Bertz CT molecular complexity index is 506. The average Bonchev–Trinajstić information content (AvgIpc) is 2.97. The molecule has 1 fully saturated rings. The van der Waals surface area contributed by atoms with Gasteiger partial charge in [-0.15, -0.1) is 11.3 Å². The van der Waals surface area contributed by atoms with Crippen molar-refractivity contribution < 1.29 is 9.32 Å². The first-order valence-electron chi connectivity index (χ1n) is 5.00. The second-order valence-corrected chi connectivity index (χ2v) is 4.54. The molecule has 0 bridgehead atoms. The number of amides is 1. The fourth-order valence-electron chi connectivity index (χ4n) is 1.68. The molecule has 0 spiro atoms. The van der Waals surface area contributed by atoms with E-state index in [9.17, 15) is 4.79 Å². The van der Waals surface area contributed by atoms with Gasteiger partial charge in [-0.05, 0) is 17.9 Å². The molecule has 0 aromatic carbocycles. The summed E-state index contributed by atoms with van der Waals surface area (Å²) in [5.41, 5.74) is 0. The molecule has 2 aromatic heterocycles. The topological polar surface area (TPSA) is 68.0 Å². The van der Waals surface area contributed by atoms with E-state index in [1.165, 1.54) is 0 Å². The number of nitrogens with one attached hydrogen (secondary N) is 1. The predicted molar refractivity (Wildman–Crippen MR) is 57.7 cm³/mol. The van der Waals surface area contributed by atoms with E-state index in [4.69, 9.17) is 4.52 Å². The SMILES string of the molecule is O=C1CC[C@H](c2nc(-c3cccs3)no2)N1. The van der Waals surface area contributed by atoms with Gasteiger partial charge in [-0.3, -0.25) is 4.79 Å². The highest BCUT2D eigenvalue weighted by Gasteiger charge is 2.27. The molecule has 1 saturated heterocycles. The molecule has 16 heavy (non-hydrogen) atoms. The van der Waals surface area contributed by atoms with Crippen molar-refractivity contribution in [3.05, 3.63) is 23.4 Å². The van der Waals surface area contributed by atoms with E-state index < -0.39 is 0 Å². The smallest absolute Gasteiger partial charge is 0.249 e. The van der Waals surface area contributed by atoms with Gasteiger partial charge in [0.1, 0.15) is 6.04 Å². The van der Waals surface area contributed by atoms with Crippen molar-refractivity contribution >= 4 is 17.2 Å². The van der Waals surface area contributed by atoms with Gasteiger partial charge >= 0.3 is 0 Å². The molecule has 0 aliphatic carbocycles. The first-order valence-corrected chi connectivity index (χ1v) is 5.88. The highest BCUT2D eigenvalue weighted by molar-refractivity contribution is 7.13. The van der Waals surface area contributed by atoms with Crippen molar-refractivity contribution in [3.8, 4) is 10.7 Å². The largest absolute Gasteiger partial charge is 0.344 e. The van der Waals surface area contributed by atoms with E-state index in [0.717, 1.165) is 11.3 Å². The quantitative estimate of drug-likeness (QED) is 0.861. The van der Waals surface area contributed by atoms with Crippen LogP contribution in [0.3, 0.4) is 0 Å². The molecule has 1 atom stereocenters. The highest BCUT2D eigenvalue weighted by Crippen LogP contribution is 2.26. The summed E-state index contributed by atoms with van der Waals surface area (Å²) in [7, 11) is 0. The summed E-state index contributed by atoms with van der Waals surface area (Å²) in [4.78, 5) is 16.3. The van der Waals surface area contributed by atoms with E-state index in [1.807, 2.05) is 17.5 Å². The average molecular weight is 235 g/mol. The Kier molecular flexibility index (Phi) is 2.21. The summed E-state index contributed by atoms with van der Waals surface area (Å²) >= 11 is 1.56. The van der Waals surface area contributed by atoms with Crippen LogP contribution >= 0.6 is 11.3 Å². The number of hydrogen-bond donors (Lipinski definition) is 1. The van der Waals surface area contributed by atoms with Crippen LogP contribution in [0.25, 0.3) is 10.7 Å². The second kappa shape index (κ2) is 3.71. The standard InChI is InChI=1S/C10H9N3O2S/c14-8-4-3-6(11-8)10-12-9(13-15-10)7-2-1-5-16-7/h1-2,5-6H,3-4H2,(H,11,14)/t6-/m1/s1. The van der Waals surface area contributed by atoms with Crippen molar-refractivity contribution in [1.82, 2.24) is 15.5 Å². The molecule has 0 unspecified atom stereocenters. The Morgan fingerprint density at radius 3 is 3.19 bits per heavy atom. The molecule has 1 amide bonds. The number of carbonyl (C=O) groups is 1. The maximum atomic E-state index is 11.1. The number of hydrogen-bond acceptors (Lipinski definition) is 5. The van der Waals surface area contributed by atoms with Crippen LogP contribution in [0.5, 0.6) is 0 Å². The van der Waals surface area contributed by atoms with Crippen LogP contribution in [0.15, 0.2) is 22.0 Å². The minimum absolute atomic E-state index is 0.0425. The second-order valence-electron chi connectivity index (χ2n) is 3.59. The molecule has 0 saturated carbocycles. The van der Waals surface area contributed by atoms with Gasteiger partial charge in [0.2, 0.25) is 17.6 Å². The fraction of sp³-hybridized carbons (Fsp3) is 0.300. The molecule has 6 heteroatoms. The molecule has 3 heterocycles. The summed E-state index contributed by atoms with van der Waals surface area (Å²) < 4.78 is 5.15. The summed E-state index contributed by atoms with van der Waals surface area (Å²) in [6.45, 7) is 0. The molecular weight excluding hydrogens is 226 g/mol. The monoisotopic (exact) mass is 235 g/mol. The van der Waals surface area contributed by atoms with Crippen LogP contribution in [-0.2, 0) is 4.79 Å². The molecule has 1 aliphatic heterocycles. The maximum Gasteiger partial charge on any atom is 0.249 e. The van der Waals surface area contributed by atoms with E-state index in [2.05, 4.69) is 15.5 Å². The highest BCUT2D eigenvalue weighted by atomic mass is 32.1. The molecule has 0 radical (unpaired) electrons. The van der Waals surface area contributed by atoms with Crippen molar-refractivity contribution in [1.29, 1.82) is 0 Å². The third kappa shape index (κ3) is 1.61. The molecule has 1 N–H and O–H groups in total. The maximum absolute atomic E-state index is 11.1. The number of carbonyl (C=O) groups excluding carboxylic acids is 1. The van der Waals surface area contributed by atoms with Gasteiger partial charge in [0.05, 0.1) is 4.88 Å². The zero-order chi connectivity index (χ0) is 11.0. The van der Waals surface area contributed by atoms with Crippen LogP contribution < -0.4 is 5.32 Å². The number of nitrogens with zero attached hydrogens (tertiary/aromatic N) is 2. The van der Waals surface area contributed by atoms with E-state index in [-0.39, 0.29) is 11.9 Å². The van der Waals surface area contributed by atoms with Gasteiger partial charge in [0, 0.05) is 6.42 Å². The van der Waals surface area contributed by atoms with Crippen LogP contribution in [0, 0.1) is 0 Å². The Balaban J connectivity index is 1.85. The van der Waals surface area contributed by atoms with Crippen LogP contribution in [0.4, 0.5) is 0 Å². The fourth-order valence-corrected chi connectivity index (χ4v) is 2.33. The van der Waals surface area contributed by atoms with Gasteiger partial charge in [0.15, 0.2) is 0 Å². The Labute approximate surface area is 95.5 Å². The molecule has 82 valence electrons. The summed E-state index contributed by atoms with van der Waals surface area (Å²) in [6, 6.07) is 3.76. The van der Waals surface area contributed by atoms with Crippen LogP contribution in [0.1, 0.15) is 24.8 Å². The van der Waals surface area contributed by atoms with Crippen LogP contribution in [-0.4, -0.2) is 16.0 Å². The minimum Gasteiger partial charge on any atom is -0.344 e. The Morgan fingerprint density at radius 2 is 2.50 bits per heavy atom.